The van der Waals surface area contributed by atoms with Crippen LogP contribution in [0.3, 0.4) is 0 Å². The molecule has 0 amide bonds. The molecule has 1 heterocycles. The molecule has 13 heavy (non-hydrogen) atoms. The number of aliphatic hydroxyl groups is 1. The maximum absolute atomic E-state index is 9.70. The molecule has 0 bridgehead atoms. The van der Waals surface area contributed by atoms with Crippen molar-refractivity contribution in [2.24, 2.45) is 5.92 Å². The first-order chi connectivity index (χ1) is 5.49. The van der Waals surface area contributed by atoms with Crippen LogP contribution in [-0.4, -0.2) is 35.2 Å². The fourth-order valence-corrected chi connectivity index (χ4v) is 1.73. The minimum Gasteiger partial charge on any atom is -0.390 e. The van der Waals surface area contributed by atoms with Gasteiger partial charge in [0.25, 0.3) is 0 Å². The van der Waals surface area contributed by atoms with E-state index >= 15 is 0 Å². The summed E-state index contributed by atoms with van der Waals surface area (Å²) in [6.07, 6.45) is 1.86. The Labute approximate surface area is 82.9 Å². The minimum atomic E-state index is -0.395. The van der Waals surface area contributed by atoms with Crippen LogP contribution in [0.2, 0.25) is 0 Å². The molecule has 0 aliphatic carbocycles. The molecule has 0 aromatic carbocycles. The Morgan fingerprint density at radius 2 is 1.77 bits per heavy atom. The van der Waals surface area contributed by atoms with Crippen LogP contribution in [-0.2, 0) is 0 Å². The highest BCUT2D eigenvalue weighted by atomic mass is 16.3. The molecule has 0 saturated carbocycles. The standard InChI is InChI=1S/C10H21NO.CH4/c1-9(2)8-11-6-4-10(3,12)5-7-11;/h9,12H,4-8H2,1-3H3;1H4. The maximum atomic E-state index is 9.70. The van der Waals surface area contributed by atoms with Gasteiger partial charge in [0.05, 0.1) is 5.60 Å². The van der Waals surface area contributed by atoms with Crippen LogP contribution in [0.5, 0.6) is 0 Å². The van der Waals surface area contributed by atoms with Gasteiger partial charge in [0, 0.05) is 19.6 Å². The molecule has 1 fully saturated rings. The van der Waals surface area contributed by atoms with Crippen molar-refractivity contribution >= 4 is 0 Å². The van der Waals surface area contributed by atoms with Gasteiger partial charge in [-0.15, -0.1) is 0 Å². The SMILES string of the molecule is C.CC(C)CN1CCC(C)(O)CC1. The molecule has 1 N–H and O–H groups in total. The number of nitrogens with zero attached hydrogens (tertiary/aromatic N) is 1. The van der Waals surface area contributed by atoms with Crippen molar-refractivity contribution in [1.82, 2.24) is 4.90 Å². The van der Waals surface area contributed by atoms with Gasteiger partial charge in [0.1, 0.15) is 0 Å². The second-order valence-corrected chi connectivity index (χ2v) is 4.69. The van der Waals surface area contributed by atoms with E-state index in [1.165, 1.54) is 6.54 Å². The van der Waals surface area contributed by atoms with Gasteiger partial charge < -0.3 is 10.0 Å². The largest absolute Gasteiger partial charge is 0.390 e. The van der Waals surface area contributed by atoms with Crippen molar-refractivity contribution in [3.05, 3.63) is 0 Å². The lowest BCUT2D eigenvalue weighted by Crippen LogP contribution is -2.43. The number of piperidine rings is 1. The van der Waals surface area contributed by atoms with Crippen LogP contribution < -0.4 is 0 Å². The van der Waals surface area contributed by atoms with Crippen LogP contribution in [0.1, 0.15) is 41.0 Å². The van der Waals surface area contributed by atoms with Gasteiger partial charge in [-0.1, -0.05) is 21.3 Å². The summed E-state index contributed by atoms with van der Waals surface area (Å²) in [5, 5.41) is 9.70. The Hall–Kier alpha value is -0.0800. The Kier molecular flexibility index (Phi) is 4.93. The van der Waals surface area contributed by atoms with Crippen LogP contribution in [0.15, 0.2) is 0 Å². The molecule has 0 unspecified atom stereocenters. The highest BCUT2D eigenvalue weighted by Gasteiger charge is 2.27. The van der Waals surface area contributed by atoms with Crippen LogP contribution in [0.4, 0.5) is 0 Å². The zero-order valence-electron chi connectivity index (χ0n) is 8.51. The predicted molar refractivity (Wildman–Crippen MR) is 57.9 cm³/mol. The van der Waals surface area contributed by atoms with Crippen molar-refractivity contribution in [1.29, 1.82) is 0 Å². The Bertz CT molecular complexity index is 133. The summed E-state index contributed by atoms with van der Waals surface area (Å²) in [7, 11) is 0. The van der Waals surface area contributed by atoms with E-state index in [1.54, 1.807) is 0 Å². The third-order valence-corrected chi connectivity index (χ3v) is 2.56. The summed E-state index contributed by atoms with van der Waals surface area (Å²) >= 11 is 0. The first-order valence-electron chi connectivity index (χ1n) is 4.94. The van der Waals surface area contributed by atoms with E-state index in [9.17, 15) is 5.11 Å². The first-order valence-corrected chi connectivity index (χ1v) is 4.94. The molecule has 1 saturated heterocycles. The molecule has 0 aromatic heterocycles. The summed E-state index contributed by atoms with van der Waals surface area (Å²) in [4.78, 5) is 2.45. The van der Waals surface area contributed by atoms with Gasteiger partial charge in [-0.05, 0) is 25.7 Å². The molecular formula is C11H25NO. The Morgan fingerprint density at radius 1 is 1.31 bits per heavy atom. The number of rotatable bonds is 2. The zero-order valence-corrected chi connectivity index (χ0v) is 8.51. The van der Waals surface area contributed by atoms with Gasteiger partial charge in [0.15, 0.2) is 0 Å². The summed E-state index contributed by atoms with van der Waals surface area (Å²) in [5.74, 6) is 0.744. The van der Waals surface area contributed by atoms with E-state index in [0.29, 0.717) is 0 Å². The quantitative estimate of drug-likeness (QED) is 0.716. The summed E-state index contributed by atoms with van der Waals surface area (Å²) in [6.45, 7) is 9.73. The molecule has 1 aliphatic heterocycles. The van der Waals surface area contributed by atoms with Crippen LogP contribution >= 0.6 is 0 Å². The van der Waals surface area contributed by atoms with Gasteiger partial charge in [0.2, 0.25) is 0 Å². The Morgan fingerprint density at radius 3 is 2.15 bits per heavy atom. The lowest BCUT2D eigenvalue weighted by Gasteiger charge is -2.36. The average Bonchev–Trinajstić information content (AvgIpc) is 1.93. The predicted octanol–water partition coefficient (Wildman–Crippen LogP) is 2.13. The van der Waals surface area contributed by atoms with Crippen LogP contribution in [0.25, 0.3) is 0 Å². The summed E-state index contributed by atoms with van der Waals surface area (Å²) in [6, 6.07) is 0. The highest BCUT2D eigenvalue weighted by Crippen LogP contribution is 2.21. The lowest BCUT2D eigenvalue weighted by molar-refractivity contribution is -0.00769. The molecule has 0 aromatic rings. The van der Waals surface area contributed by atoms with Crippen LogP contribution in [0, 0.1) is 5.92 Å². The van der Waals surface area contributed by atoms with Gasteiger partial charge in [-0.3, -0.25) is 0 Å². The maximum Gasteiger partial charge on any atom is 0.0644 e. The second-order valence-electron chi connectivity index (χ2n) is 4.69. The van der Waals surface area contributed by atoms with E-state index in [0.717, 1.165) is 31.8 Å². The van der Waals surface area contributed by atoms with Gasteiger partial charge in [-0.2, -0.15) is 0 Å². The van der Waals surface area contributed by atoms with E-state index in [1.807, 2.05) is 6.92 Å². The average molecular weight is 187 g/mol. The van der Waals surface area contributed by atoms with Gasteiger partial charge >= 0.3 is 0 Å². The molecule has 1 aliphatic rings. The fourth-order valence-electron chi connectivity index (χ4n) is 1.73. The summed E-state index contributed by atoms with van der Waals surface area (Å²) < 4.78 is 0. The van der Waals surface area contributed by atoms with Crippen molar-refractivity contribution in [2.45, 2.75) is 46.6 Å². The van der Waals surface area contributed by atoms with E-state index in [2.05, 4.69) is 18.7 Å². The topological polar surface area (TPSA) is 23.5 Å². The second kappa shape index (κ2) is 4.97. The van der Waals surface area contributed by atoms with E-state index in [-0.39, 0.29) is 7.43 Å². The number of hydrogen-bond donors (Lipinski definition) is 1. The molecule has 0 atom stereocenters. The van der Waals surface area contributed by atoms with Gasteiger partial charge in [-0.25, -0.2) is 0 Å². The van der Waals surface area contributed by atoms with Crippen molar-refractivity contribution < 1.29 is 5.11 Å². The smallest absolute Gasteiger partial charge is 0.0644 e. The summed E-state index contributed by atoms with van der Waals surface area (Å²) in [5.41, 5.74) is -0.395. The normalized spacial score (nSPS) is 22.8. The minimum absolute atomic E-state index is 0. The molecule has 2 nitrogen and oxygen atoms in total. The zero-order chi connectivity index (χ0) is 9.19. The molecule has 80 valence electrons. The molecular weight excluding hydrogens is 162 g/mol. The van der Waals surface area contributed by atoms with Crippen molar-refractivity contribution in [2.75, 3.05) is 19.6 Å². The third-order valence-electron chi connectivity index (χ3n) is 2.56. The van der Waals surface area contributed by atoms with Crippen molar-refractivity contribution in [3.8, 4) is 0 Å². The highest BCUT2D eigenvalue weighted by molar-refractivity contribution is 4.81. The van der Waals surface area contributed by atoms with Crippen molar-refractivity contribution in [3.63, 3.8) is 0 Å². The molecule has 0 spiro atoms. The van der Waals surface area contributed by atoms with E-state index < -0.39 is 5.60 Å². The molecule has 1 rings (SSSR count). The Balaban J connectivity index is 0.00000144. The number of likely N-dealkylation sites (tertiary alicyclic amines) is 1. The molecule has 0 radical (unpaired) electrons. The lowest BCUT2D eigenvalue weighted by atomic mass is 9.93. The fraction of sp³-hybridized carbons (Fsp3) is 1.00. The molecule has 2 heteroatoms. The van der Waals surface area contributed by atoms with E-state index in [4.69, 9.17) is 0 Å². The third kappa shape index (κ3) is 4.63. The monoisotopic (exact) mass is 187 g/mol. The number of hydrogen-bond acceptors (Lipinski definition) is 2. The first kappa shape index (κ1) is 12.9.